The van der Waals surface area contributed by atoms with E-state index < -0.39 is 28.1 Å². The van der Waals surface area contributed by atoms with E-state index in [9.17, 15) is 18.3 Å². The lowest BCUT2D eigenvalue weighted by atomic mass is 9.93. The maximum absolute atomic E-state index is 12.4. The van der Waals surface area contributed by atoms with Crippen molar-refractivity contribution in [2.24, 2.45) is 0 Å². The molecule has 0 radical (unpaired) electrons. The molecule has 0 spiro atoms. The van der Waals surface area contributed by atoms with Crippen LogP contribution in [-0.2, 0) is 10.0 Å². The fourth-order valence-electron chi connectivity index (χ4n) is 2.45. The zero-order chi connectivity index (χ0) is 15.6. The Morgan fingerprint density at radius 2 is 1.95 bits per heavy atom. The minimum Gasteiger partial charge on any atom is -0.478 e. The highest BCUT2D eigenvalue weighted by atomic mass is 32.2. The molecule has 2 rings (SSSR count). The van der Waals surface area contributed by atoms with Crippen LogP contribution in [0.1, 0.15) is 36.0 Å². The molecule has 0 unspecified atom stereocenters. The summed E-state index contributed by atoms with van der Waals surface area (Å²) >= 11 is 0. The molecule has 5 N–H and O–H groups in total. The second-order valence-corrected chi connectivity index (χ2v) is 6.82. The van der Waals surface area contributed by atoms with Crippen LogP contribution in [0.5, 0.6) is 0 Å². The van der Waals surface area contributed by atoms with Crippen LogP contribution in [0.3, 0.4) is 0 Å². The fraction of sp³-hybridized carbons (Fsp3) is 0.462. The number of carboxylic acids is 1. The van der Waals surface area contributed by atoms with Crippen LogP contribution in [0.25, 0.3) is 0 Å². The largest absolute Gasteiger partial charge is 0.478 e. The molecule has 2 atom stereocenters. The van der Waals surface area contributed by atoms with Gasteiger partial charge in [0.1, 0.15) is 0 Å². The summed E-state index contributed by atoms with van der Waals surface area (Å²) in [6.45, 7) is 0. The van der Waals surface area contributed by atoms with E-state index in [1.54, 1.807) is 0 Å². The van der Waals surface area contributed by atoms with Crippen molar-refractivity contribution in [3.05, 3.63) is 23.8 Å². The van der Waals surface area contributed by atoms with E-state index >= 15 is 0 Å². The summed E-state index contributed by atoms with van der Waals surface area (Å²) in [4.78, 5) is 10.8. The molecule has 1 fully saturated rings. The molecule has 1 aromatic rings. The number of carbonyl (C=O) groups is 1. The standard InChI is InChI=1S/C13H18N2O5S/c14-8-5-6-9(13(17)18)12(7-8)21(19,20)15-10-3-1-2-4-11(10)16/h5-7,10-11,15-16H,1-4,14H2,(H,17,18)/t10-,11-/m1/s1. The van der Waals surface area contributed by atoms with Crippen molar-refractivity contribution >= 4 is 21.7 Å². The molecule has 1 saturated carbocycles. The third-order valence-electron chi connectivity index (χ3n) is 3.56. The Morgan fingerprint density at radius 1 is 1.29 bits per heavy atom. The van der Waals surface area contributed by atoms with E-state index in [1.807, 2.05) is 0 Å². The molecule has 7 nitrogen and oxygen atoms in total. The molecule has 1 aromatic carbocycles. The molecule has 116 valence electrons. The van der Waals surface area contributed by atoms with Crippen molar-refractivity contribution in [2.75, 3.05) is 5.73 Å². The predicted molar refractivity (Wildman–Crippen MR) is 76.4 cm³/mol. The first kappa shape index (κ1) is 15.7. The summed E-state index contributed by atoms with van der Waals surface area (Å²) in [5, 5.41) is 18.9. The first-order valence-corrected chi connectivity index (χ1v) is 8.13. The molecule has 0 aromatic heterocycles. The van der Waals surface area contributed by atoms with Gasteiger partial charge in [0.15, 0.2) is 0 Å². The maximum atomic E-state index is 12.4. The van der Waals surface area contributed by atoms with E-state index in [2.05, 4.69) is 4.72 Å². The Kier molecular flexibility index (Phi) is 4.50. The number of aliphatic hydroxyl groups is 1. The Bertz CT molecular complexity index is 644. The van der Waals surface area contributed by atoms with E-state index in [0.717, 1.165) is 25.0 Å². The average Bonchev–Trinajstić information content (AvgIpc) is 2.41. The molecule has 8 heteroatoms. The Hall–Kier alpha value is -1.64. The fourth-order valence-corrected chi connectivity index (χ4v) is 3.99. The summed E-state index contributed by atoms with van der Waals surface area (Å²) in [6, 6.07) is 2.99. The van der Waals surface area contributed by atoms with Crippen LogP contribution in [0.2, 0.25) is 0 Å². The molecule has 1 aliphatic carbocycles. The summed E-state index contributed by atoms with van der Waals surface area (Å²) in [5.74, 6) is -1.35. The van der Waals surface area contributed by atoms with Crippen LogP contribution >= 0.6 is 0 Å². The predicted octanol–water partition coefficient (Wildman–Crippen LogP) is 0.549. The van der Waals surface area contributed by atoms with Gasteiger partial charge >= 0.3 is 5.97 Å². The van der Waals surface area contributed by atoms with Crippen LogP contribution in [0, 0.1) is 0 Å². The SMILES string of the molecule is Nc1ccc(C(=O)O)c(S(=O)(=O)N[C@@H]2CCCC[C@H]2O)c1. The molecular formula is C13H18N2O5S. The van der Waals surface area contributed by atoms with Crippen LogP contribution in [0.15, 0.2) is 23.1 Å². The van der Waals surface area contributed by atoms with E-state index in [1.165, 1.54) is 6.07 Å². The first-order valence-electron chi connectivity index (χ1n) is 6.64. The highest BCUT2D eigenvalue weighted by molar-refractivity contribution is 7.89. The van der Waals surface area contributed by atoms with Gasteiger partial charge in [0.05, 0.1) is 16.6 Å². The van der Waals surface area contributed by atoms with Gasteiger partial charge in [-0.25, -0.2) is 17.9 Å². The number of aromatic carboxylic acids is 1. The second-order valence-electron chi connectivity index (χ2n) is 5.14. The van der Waals surface area contributed by atoms with Gasteiger partial charge in [-0.3, -0.25) is 0 Å². The summed E-state index contributed by atoms with van der Waals surface area (Å²) < 4.78 is 27.2. The number of sulfonamides is 1. The van der Waals surface area contributed by atoms with E-state index in [-0.39, 0.29) is 16.1 Å². The lowest BCUT2D eigenvalue weighted by molar-refractivity contribution is 0.0692. The van der Waals surface area contributed by atoms with Crippen molar-refractivity contribution in [1.29, 1.82) is 0 Å². The molecule has 0 heterocycles. The van der Waals surface area contributed by atoms with Gasteiger partial charge in [-0.1, -0.05) is 12.8 Å². The van der Waals surface area contributed by atoms with Gasteiger partial charge in [0.25, 0.3) is 0 Å². The number of rotatable bonds is 4. The number of nitrogens with two attached hydrogens (primary N) is 1. The Morgan fingerprint density at radius 3 is 2.57 bits per heavy atom. The average molecular weight is 314 g/mol. The van der Waals surface area contributed by atoms with Crippen LogP contribution < -0.4 is 10.5 Å². The maximum Gasteiger partial charge on any atom is 0.337 e. The van der Waals surface area contributed by atoms with Gasteiger partial charge in [-0.05, 0) is 31.0 Å². The molecule has 0 aliphatic heterocycles. The lowest BCUT2D eigenvalue weighted by Gasteiger charge is -2.28. The van der Waals surface area contributed by atoms with E-state index in [4.69, 9.17) is 10.8 Å². The normalized spacial score (nSPS) is 22.9. The quantitative estimate of drug-likeness (QED) is 0.600. The second kappa shape index (κ2) is 6.00. The molecular weight excluding hydrogens is 296 g/mol. The third-order valence-corrected chi connectivity index (χ3v) is 5.09. The minimum absolute atomic E-state index is 0.157. The molecule has 21 heavy (non-hydrogen) atoms. The highest BCUT2D eigenvalue weighted by Crippen LogP contribution is 2.23. The summed E-state index contributed by atoms with van der Waals surface area (Å²) in [5.41, 5.74) is 5.36. The number of benzene rings is 1. The Labute approximate surface area is 122 Å². The number of nitrogens with one attached hydrogen (secondary N) is 1. The van der Waals surface area contributed by atoms with E-state index in [0.29, 0.717) is 12.8 Å². The van der Waals surface area contributed by atoms with Crippen LogP contribution in [0.4, 0.5) is 5.69 Å². The van der Waals surface area contributed by atoms with Gasteiger partial charge in [0, 0.05) is 11.7 Å². The zero-order valence-corrected chi connectivity index (χ0v) is 12.1. The summed E-state index contributed by atoms with van der Waals surface area (Å²) in [7, 11) is -4.06. The van der Waals surface area contributed by atoms with Crippen molar-refractivity contribution in [1.82, 2.24) is 4.72 Å². The Balaban J connectivity index is 2.35. The van der Waals surface area contributed by atoms with Gasteiger partial charge in [-0.2, -0.15) is 0 Å². The van der Waals surface area contributed by atoms with Crippen LogP contribution in [-0.4, -0.2) is 36.7 Å². The molecule has 0 saturated heterocycles. The topological polar surface area (TPSA) is 130 Å². The number of aliphatic hydroxyl groups excluding tert-OH is 1. The van der Waals surface area contributed by atoms with Crippen molar-refractivity contribution < 1.29 is 23.4 Å². The zero-order valence-electron chi connectivity index (χ0n) is 11.3. The first-order chi connectivity index (χ1) is 9.81. The highest BCUT2D eigenvalue weighted by Gasteiger charge is 2.30. The monoisotopic (exact) mass is 314 g/mol. The van der Waals surface area contributed by atoms with Crippen molar-refractivity contribution in [3.8, 4) is 0 Å². The number of anilines is 1. The number of hydrogen-bond acceptors (Lipinski definition) is 5. The molecule has 0 bridgehead atoms. The molecule has 1 aliphatic rings. The van der Waals surface area contributed by atoms with Crippen molar-refractivity contribution in [3.63, 3.8) is 0 Å². The smallest absolute Gasteiger partial charge is 0.337 e. The number of carboxylic acid groups (broad SMARTS) is 1. The lowest BCUT2D eigenvalue weighted by Crippen LogP contribution is -2.45. The molecule has 0 amide bonds. The number of hydrogen-bond donors (Lipinski definition) is 4. The van der Waals surface area contributed by atoms with Crippen molar-refractivity contribution in [2.45, 2.75) is 42.7 Å². The third kappa shape index (κ3) is 3.52. The summed E-state index contributed by atoms with van der Waals surface area (Å²) in [6.07, 6.45) is 1.94. The van der Waals surface area contributed by atoms with Gasteiger partial charge in [0.2, 0.25) is 10.0 Å². The number of nitrogen functional groups attached to an aromatic ring is 1. The van der Waals surface area contributed by atoms with Gasteiger partial charge in [-0.15, -0.1) is 0 Å². The van der Waals surface area contributed by atoms with Gasteiger partial charge < -0.3 is 15.9 Å². The minimum atomic E-state index is -4.06.